The van der Waals surface area contributed by atoms with E-state index < -0.39 is 51.7 Å². The van der Waals surface area contributed by atoms with Crippen LogP contribution >= 0.6 is 0 Å². The lowest BCUT2D eigenvalue weighted by Crippen LogP contribution is -2.36. The fourth-order valence-corrected chi connectivity index (χ4v) is 3.57. The second-order valence-electron chi connectivity index (χ2n) is 8.90. The molecule has 0 spiro atoms. The van der Waals surface area contributed by atoms with Crippen molar-refractivity contribution in [3.63, 3.8) is 0 Å². The molecular formula is C26H26F5N3O2. The smallest absolute Gasteiger partial charge is 0.339 e. The lowest BCUT2D eigenvalue weighted by atomic mass is 9.86. The molecular weight excluding hydrogens is 481 g/mol. The molecule has 0 unspecified atom stereocenters. The first kappa shape index (κ1) is 28.5. The molecule has 0 aliphatic heterocycles. The number of benzene rings is 2. The van der Waals surface area contributed by atoms with Gasteiger partial charge in [0.05, 0.1) is 22.3 Å². The molecule has 2 aromatic carbocycles. The van der Waals surface area contributed by atoms with Crippen LogP contribution in [0.5, 0.6) is 0 Å². The molecule has 0 aliphatic rings. The molecule has 0 bridgehead atoms. The first-order valence-electron chi connectivity index (χ1n) is 11.1. The summed E-state index contributed by atoms with van der Waals surface area (Å²) in [5.41, 5.74) is -4.22. The van der Waals surface area contributed by atoms with E-state index in [1.54, 1.807) is 34.6 Å². The van der Waals surface area contributed by atoms with Gasteiger partial charge in [0.15, 0.2) is 0 Å². The van der Waals surface area contributed by atoms with Crippen LogP contribution in [0, 0.1) is 28.4 Å². The summed E-state index contributed by atoms with van der Waals surface area (Å²) < 4.78 is 69.3. The summed E-state index contributed by atoms with van der Waals surface area (Å²) in [4.78, 5) is 27.4. The van der Waals surface area contributed by atoms with Gasteiger partial charge in [0, 0.05) is 24.2 Å². The van der Waals surface area contributed by atoms with Crippen LogP contribution in [-0.4, -0.2) is 29.8 Å². The zero-order valence-electron chi connectivity index (χ0n) is 20.5. The number of allylic oxidation sites excluding steroid dienone is 2. The number of alkyl halides is 3. The quantitative estimate of drug-likeness (QED) is 0.375. The van der Waals surface area contributed by atoms with Crippen molar-refractivity contribution in [2.24, 2.45) is 5.41 Å². The van der Waals surface area contributed by atoms with Crippen molar-refractivity contribution in [2.45, 2.75) is 40.8 Å². The van der Waals surface area contributed by atoms with Crippen molar-refractivity contribution in [3.8, 4) is 6.07 Å². The monoisotopic (exact) mass is 507 g/mol. The fourth-order valence-electron chi connectivity index (χ4n) is 3.57. The predicted molar refractivity (Wildman–Crippen MR) is 125 cm³/mol. The van der Waals surface area contributed by atoms with Crippen molar-refractivity contribution >= 4 is 17.4 Å². The highest BCUT2D eigenvalue weighted by Gasteiger charge is 2.33. The summed E-state index contributed by atoms with van der Waals surface area (Å²) in [5, 5.41) is 12.2. The number of hydrogen-bond donors (Lipinski definition) is 1. The van der Waals surface area contributed by atoms with Crippen LogP contribution < -0.4 is 5.32 Å². The maximum atomic E-state index is 14.8. The molecule has 2 aromatic rings. The van der Waals surface area contributed by atoms with E-state index in [0.29, 0.717) is 6.07 Å². The van der Waals surface area contributed by atoms with E-state index in [-0.39, 0.29) is 29.9 Å². The number of rotatable bonds is 6. The fraction of sp³-hybridized carbons (Fsp3) is 0.346. The van der Waals surface area contributed by atoms with Gasteiger partial charge in [-0.3, -0.25) is 9.59 Å². The molecule has 36 heavy (non-hydrogen) atoms. The Morgan fingerprint density at radius 3 is 2.00 bits per heavy atom. The molecule has 0 saturated carbocycles. The maximum Gasteiger partial charge on any atom is 0.416 e. The van der Waals surface area contributed by atoms with Crippen LogP contribution in [0.15, 0.2) is 42.1 Å². The van der Waals surface area contributed by atoms with Crippen molar-refractivity contribution in [1.82, 2.24) is 10.2 Å². The molecule has 0 heterocycles. The van der Waals surface area contributed by atoms with E-state index in [2.05, 4.69) is 5.32 Å². The van der Waals surface area contributed by atoms with Gasteiger partial charge < -0.3 is 10.2 Å². The molecule has 1 N–H and O–H groups in total. The topological polar surface area (TPSA) is 73.2 Å². The normalized spacial score (nSPS) is 12.5. The highest BCUT2D eigenvalue weighted by atomic mass is 19.4. The summed E-state index contributed by atoms with van der Waals surface area (Å²) >= 11 is 0. The van der Waals surface area contributed by atoms with Gasteiger partial charge in [-0.05, 0) is 43.7 Å². The van der Waals surface area contributed by atoms with E-state index in [0.717, 1.165) is 24.3 Å². The zero-order valence-corrected chi connectivity index (χ0v) is 20.5. The van der Waals surface area contributed by atoms with Gasteiger partial charge in [-0.2, -0.15) is 18.4 Å². The van der Waals surface area contributed by atoms with Gasteiger partial charge in [-0.25, -0.2) is 8.78 Å². The van der Waals surface area contributed by atoms with Crippen molar-refractivity contribution in [2.75, 3.05) is 13.1 Å². The lowest BCUT2D eigenvalue weighted by Gasteiger charge is -2.26. The minimum absolute atomic E-state index is 0.126. The Labute approximate surface area is 206 Å². The number of carbonyl (C=O) groups is 2. The van der Waals surface area contributed by atoms with Crippen LogP contribution in [0.4, 0.5) is 22.0 Å². The van der Waals surface area contributed by atoms with Gasteiger partial charge in [0.25, 0.3) is 11.8 Å². The second-order valence-corrected chi connectivity index (χ2v) is 8.90. The van der Waals surface area contributed by atoms with Crippen LogP contribution in [-0.2, 0) is 6.18 Å². The second kappa shape index (κ2) is 10.9. The van der Waals surface area contributed by atoms with Crippen LogP contribution in [0.3, 0.4) is 0 Å². The zero-order chi connectivity index (χ0) is 27.4. The minimum Gasteiger partial charge on any atom is -0.339 e. The third-order valence-corrected chi connectivity index (χ3v) is 5.42. The Morgan fingerprint density at radius 2 is 1.53 bits per heavy atom. The summed E-state index contributed by atoms with van der Waals surface area (Å²) in [6.07, 6.45) is -4.67. The molecule has 0 radical (unpaired) electrons. The number of nitrogens with zero attached hydrogens (tertiary/aromatic N) is 2. The predicted octanol–water partition coefficient (Wildman–Crippen LogP) is 6.18. The van der Waals surface area contributed by atoms with Crippen LogP contribution in [0.2, 0.25) is 0 Å². The third-order valence-electron chi connectivity index (χ3n) is 5.42. The summed E-state index contributed by atoms with van der Waals surface area (Å²) in [5.74, 6) is -4.40. The minimum atomic E-state index is -4.67. The third kappa shape index (κ3) is 6.08. The Morgan fingerprint density at radius 1 is 0.972 bits per heavy atom. The number of amides is 2. The number of carbonyl (C=O) groups excluding carboxylic acids is 2. The Bertz CT molecular complexity index is 1230. The maximum absolute atomic E-state index is 14.8. The Balaban J connectivity index is 2.72. The summed E-state index contributed by atoms with van der Waals surface area (Å²) in [6, 6.07) is 7.22. The number of nitrogens with one attached hydrogen (secondary N) is 1. The van der Waals surface area contributed by atoms with Crippen molar-refractivity contribution in [1.29, 1.82) is 5.26 Å². The average Bonchev–Trinajstić information content (AvgIpc) is 2.79. The lowest BCUT2D eigenvalue weighted by molar-refractivity contribution is -0.137. The number of hydrogen-bond acceptors (Lipinski definition) is 3. The van der Waals surface area contributed by atoms with Crippen LogP contribution in [0.25, 0.3) is 5.57 Å². The summed E-state index contributed by atoms with van der Waals surface area (Å²) in [7, 11) is 0. The van der Waals surface area contributed by atoms with E-state index in [4.69, 9.17) is 0 Å². The molecule has 0 fully saturated rings. The first-order chi connectivity index (χ1) is 16.7. The van der Waals surface area contributed by atoms with E-state index in [9.17, 15) is 36.8 Å². The molecule has 0 saturated heterocycles. The molecule has 0 aliphatic carbocycles. The molecule has 2 amide bonds. The standard InChI is InChI=1S/C26H26F5N3O2/c1-6-34(7-2)24(36)21-19(28)12-11-18(27)20(21)23(35)33-22(25(3,4)5)17(14-32)15-9-8-10-16(13-15)26(29,30)31/h8-13H,6-7H2,1-5H3,(H,33,35). The first-order valence-corrected chi connectivity index (χ1v) is 11.1. The van der Waals surface area contributed by atoms with Gasteiger partial charge >= 0.3 is 6.18 Å². The van der Waals surface area contributed by atoms with Crippen molar-refractivity contribution < 1.29 is 31.5 Å². The number of halogens is 5. The Hall–Kier alpha value is -3.74. The van der Waals surface area contributed by atoms with Crippen LogP contribution in [0.1, 0.15) is 66.5 Å². The molecule has 0 atom stereocenters. The largest absolute Gasteiger partial charge is 0.416 e. The molecule has 0 aromatic heterocycles. The highest BCUT2D eigenvalue weighted by molar-refractivity contribution is 6.08. The SMILES string of the molecule is CCN(CC)C(=O)c1c(F)ccc(F)c1C(=O)NC(=C(C#N)c1cccc(C(F)(F)F)c1)C(C)(C)C. The molecule has 10 heteroatoms. The summed E-state index contributed by atoms with van der Waals surface area (Å²) in [6.45, 7) is 8.35. The molecule has 5 nitrogen and oxygen atoms in total. The van der Waals surface area contributed by atoms with E-state index in [1.165, 1.54) is 11.0 Å². The van der Waals surface area contributed by atoms with Gasteiger partial charge in [0.2, 0.25) is 0 Å². The van der Waals surface area contributed by atoms with E-state index in [1.807, 2.05) is 6.07 Å². The average molecular weight is 508 g/mol. The Kier molecular flexibility index (Phi) is 8.62. The highest BCUT2D eigenvalue weighted by Crippen LogP contribution is 2.35. The van der Waals surface area contributed by atoms with Gasteiger partial charge in [0.1, 0.15) is 17.7 Å². The van der Waals surface area contributed by atoms with Crippen molar-refractivity contribution in [3.05, 3.63) is 76.0 Å². The molecule has 2 rings (SSSR count). The van der Waals surface area contributed by atoms with Gasteiger partial charge in [-0.15, -0.1) is 0 Å². The number of nitriles is 1. The van der Waals surface area contributed by atoms with Gasteiger partial charge in [-0.1, -0.05) is 32.9 Å². The molecule has 192 valence electrons. The van der Waals surface area contributed by atoms with E-state index >= 15 is 0 Å².